The zero-order valence-electron chi connectivity index (χ0n) is 15.8. The van der Waals surface area contributed by atoms with Crippen molar-refractivity contribution in [1.82, 2.24) is 0 Å². The van der Waals surface area contributed by atoms with Crippen LogP contribution in [0.4, 0.5) is 8.78 Å². The minimum atomic E-state index is -0.371. The van der Waals surface area contributed by atoms with E-state index in [1.165, 1.54) is 69.9 Å². The predicted molar refractivity (Wildman–Crippen MR) is 104 cm³/mol. The SMILES string of the molecule is CCCCC1CCC2CC(c3cc(F)c4cc(F)ccc4c3)CCC2C1. The number of halogens is 2. The molecule has 2 aromatic carbocycles. The normalized spacial score (nSPS) is 28.9. The first-order valence-electron chi connectivity index (χ1n) is 10.5. The van der Waals surface area contributed by atoms with Crippen molar-refractivity contribution in [3.05, 3.63) is 47.5 Å². The molecule has 0 spiro atoms. The van der Waals surface area contributed by atoms with Gasteiger partial charge in [0.05, 0.1) is 0 Å². The third-order valence-electron chi connectivity index (χ3n) is 7.05. The average Bonchev–Trinajstić information content (AvgIpc) is 2.66. The molecule has 0 radical (unpaired) electrons. The van der Waals surface area contributed by atoms with Crippen molar-refractivity contribution in [1.29, 1.82) is 0 Å². The lowest BCUT2D eigenvalue weighted by molar-refractivity contribution is 0.113. The Bertz CT molecular complexity index is 766. The van der Waals surface area contributed by atoms with Crippen LogP contribution in [-0.4, -0.2) is 0 Å². The van der Waals surface area contributed by atoms with Gasteiger partial charge in [-0.3, -0.25) is 0 Å². The van der Waals surface area contributed by atoms with Crippen LogP contribution < -0.4 is 0 Å². The van der Waals surface area contributed by atoms with E-state index in [1.54, 1.807) is 12.1 Å². The van der Waals surface area contributed by atoms with Crippen LogP contribution in [0.25, 0.3) is 10.8 Å². The van der Waals surface area contributed by atoms with Crippen molar-refractivity contribution in [2.45, 2.75) is 70.6 Å². The summed E-state index contributed by atoms with van der Waals surface area (Å²) in [5, 5.41) is 1.23. The first-order chi connectivity index (χ1) is 12.6. The van der Waals surface area contributed by atoms with Crippen molar-refractivity contribution < 1.29 is 8.78 Å². The highest BCUT2D eigenvalue weighted by Gasteiger charge is 2.35. The lowest BCUT2D eigenvalue weighted by Crippen LogP contribution is -2.30. The van der Waals surface area contributed by atoms with Crippen LogP contribution in [-0.2, 0) is 0 Å². The van der Waals surface area contributed by atoms with Crippen molar-refractivity contribution in [2.75, 3.05) is 0 Å². The van der Waals surface area contributed by atoms with Gasteiger partial charge in [-0.2, -0.15) is 0 Å². The molecular formula is C24H30F2. The van der Waals surface area contributed by atoms with Crippen LogP contribution in [0, 0.1) is 29.4 Å². The van der Waals surface area contributed by atoms with Gasteiger partial charge in [-0.15, -0.1) is 0 Å². The molecule has 0 N–H and O–H groups in total. The average molecular weight is 357 g/mol. The van der Waals surface area contributed by atoms with Gasteiger partial charge in [0, 0.05) is 5.39 Å². The second-order valence-electron chi connectivity index (χ2n) is 8.72. The molecule has 2 fully saturated rings. The summed E-state index contributed by atoms with van der Waals surface area (Å²) >= 11 is 0. The first kappa shape index (κ1) is 17.9. The molecule has 2 heteroatoms. The van der Waals surface area contributed by atoms with Crippen LogP contribution >= 0.6 is 0 Å². The zero-order valence-corrected chi connectivity index (χ0v) is 15.8. The van der Waals surface area contributed by atoms with Crippen LogP contribution in [0.1, 0.15) is 76.2 Å². The number of hydrogen-bond donors (Lipinski definition) is 0. The minimum Gasteiger partial charge on any atom is -0.207 e. The highest BCUT2D eigenvalue weighted by atomic mass is 19.1. The van der Waals surface area contributed by atoms with Crippen molar-refractivity contribution in [3.63, 3.8) is 0 Å². The Morgan fingerprint density at radius 2 is 1.73 bits per heavy atom. The van der Waals surface area contributed by atoms with Gasteiger partial charge in [-0.05, 0) is 84.9 Å². The Labute approximate surface area is 156 Å². The molecule has 0 bridgehead atoms. The van der Waals surface area contributed by atoms with Crippen LogP contribution in [0.2, 0.25) is 0 Å². The molecule has 2 saturated carbocycles. The molecule has 0 aliphatic heterocycles. The maximum Gasteiger partial charge on any atom is 0.131 e. The number of benzene rings is 2. The molecule has 2 aliphatic rings. The Balaban J connectivity index is 1.48. The quantitative estimate of drug-likeness (QED) is 0.529. The van der Waals surface area contributed by atoms with E-state index >= 15 is 0 Å². The fourth-order valence-electron chi connectivity index (χ4n) is 5.59. The zero-order chi connectivity index (χ0) is 18.1. The van der Waals surface area contributed by atoms with E-state index in [2.05, 4.69) is 13.0 Å². The molecule has 140 valence electrons. The Kier molecular flexibility index (Phi) is 5.29. The van der Waals surface area contributed by atoms with E-state index in [9.17, 15) is 8.78 Å². The topological polar surface area (TPSA) is 0 Å². The molecule has 0 heterocycles. The van der Waals surface area contributed by atoms with Gasteiger partial charge in [0.25, 0.3) is 0 Å². The molecule has 4 unspecified atom stereocenters. The number of fused-ring (bicyclic) bond motifs is 2. The molecule has 2 aliphatic carbocycles. The van der Waals surface area contributed by atoms with Gasteiger partial charge in [-0.1, -0.05) is 44.7 Å². The molecule has 2 aromatic rings. The van der Waals surface area contributed by atoms with Crippen molar-refractivity contribution in [3.8, 4) is 0 Å². The van der Waals surface area contributed by atoms with E-state index in [1.807, 2.05) is 0 Å². The smallest absolute Gasteiger partial charge is 0.131 e. The van der Waals surface area contributed by atoms with E-state index in [-0.39, 0.29) is 11.6 Å². The van der Waals surface area contributed by atoms with E-state index in [0.717, 1.165) is 28.7 Å². The van der Waals surface area contributed by atoms with Gasteiger partial charge in [0.15, 0.2) is 0 Å². The standard InChI is InChI=1S/C24H30F2/c1-2-3-4-16-5-6-18-12-19(8-7-17(18)11-16)21-13-20-9-10-22(25)15-23(20)24(26)14-21/h9-10,13-19H,2-8,11-12H2,1H3. The van der Waals surface area contributed by atoms with Gasteiger partial charge in [-0.25, -0.2) is 8.78 Å². The largest absolute Gasteiger partial charge is 0.207 e. The van der Waals surface area contributed by atoms with Gasteiger partial charge in [0.1, 0.15) is 11.6 Å². The van der Waals surface area contributed by atoms with E-state index < -0.39 is 0 Å². The fourth-order valence-corrected chi connectivity index (χ4v) is 5.59. The third kappa shape index (κ3) is 3.66. The van der Waals surface area contributed by atoms with Crippen LogP contribution in [0.3, 0.4) is 0 Å². The summed E-state index contributed by atoms with van der Waals surface area (Å²) in [5.74, 6) is 2.47. The van der Waals surface area contributed by atoms with Gasteiger partial charge in [0.2, 0.25) is 0 Å². The van der Waals surface area contributed by atoms with Gasteiger partial charge >= 0.3 is 0 Å². The molecule has 0 amide bonds. The molecule has 4 atom stereocenters. The number of unbranched alkanes of at least 4 members (excludes halogenated alkanes) is 1. The summed E-state index contributed by atoms with van der Waals surface area (Å²) in [4.78, 5) is 0. The Hall–Kier alpha value is -1.44. The fraction of sp³-hybridized carbons (Fsp3) is 0.583. The second kappa shape index (κ2) is 7.66. The molecule has 26 heavy (non-hydrogen) atoms. The number of hydrogen-bond acceptors (Lipinski definition) is 0. The van der Waals surface area contributed by atoms with Crippen molar-refractivity contribution >= 4 is 10.8 Å². The minimum absolute atomic E-state index is 0.276. The maximum atomic E-state index is 14.5. The summed E-state index contributed by atoms with van der Waals surface area (Å²) < 4.78 is 27.9. The first-order valence-corrected chi connectivity index (χ1v) is 10.5. The van der Waals surface area contributed by atoms with E-state index in [0.29, 0.717) is 11.3 Å². The lowest BCUT2D eigenvalue weighted by atomic mass is 9.63. The second-order valence-corrected chi connectivity index (χ2v) is 8.72. The Morgan fingerprint density at radius 3 is 2.58 bits per heavy atom. The third-order valence-corrected chi connectivity index (χ3v) is 7.05. The molecule has 0 saturated heterocycles. The summed E-state index contributed by atoms with van der Waals surface area (Å²) in [6.07, 6.45) is 11.9. The summed E-state index contributed by atoms with van der Waals surface area (Å²) in [7, 11) is 0. The molecular weight excluding hydrogens is 326 g/mol. The van der Waals surface area contributed by atoms with Crippen LogP contribution in [0.15, 0.2) is 30.3 Å². The number of rotatable bonds is 4. The summed E-state index contributed by atoms with van der Waals surface area (Å²) in [6, 6.07) is 8.21. The molecule has 0 aromatic heterocycles. The predicted octanol–water partition coefficient (Wildman–Crippen LogP) is 7.61. The Morgan fingerprint density at radius 1 is 0.923 bits per heavy atom. The van der Waals surface area contributed by atoms with E-state index in [4.69, 9.17) is 0 Å². The van der Waals surface area contributed by atoms with Crippen molar-refractivity contribution in [2.24, 2.45) is 17.8 Å². The lowest BCUT2D eigenvalue weighted by Gasteiger charge is -2.42. The summed E-state index contributed by atoms with van der Waals surface area (Å²) in [5.41, 5.74) is 1.12. The maximum absolute atomic E-state index is 14.5. The monoisotopic (exact) mass is 356 g/mol. The highest BCUT2D eigenvalue weighted by Crippen LogP contribution is 2.48. The molecule has 4 rings (SSSR count). The van der Waals surface area contributed by atoms with Gasteiger partial charge < -0.3 is 0 Å². The van der Waals surface area contributed by atoms with Crippen LogP contribution in [0.5, 0.6) is 0 Å². The highest BCUT2D eigenvalue weighted by molar-refractivity contribution is 5.84. The molecule has 0 nitrogen and oxygen atoms in total. The summed E-state index contributed by atoms with van der Waals surface area (Å²) in [6.45, 7) is 2.29.